The van der Waals surface area contributed by atoms with Crippen LogP contribution in [0.1, 0.15) is 112 Å². The summed E-state index contributed by atoms with van der Waals surface area (Å²) in [5.41, 5.74) is 2.80. The van der Waals surface area contributed by atoms with E-state index in [1.807, 2.05) is 18.2 Å². The highest BCUT2D eigenvalue weighted by Crippen LogP contribution is 2.75. The first-order chi connectivity index (χ1) is 18.8. The lowest BCUT2D eigenvalue weighted by Gasteiger charge is -2.71. The molecule has 0 spiro atoms. The van der Waals surface area contributed by atoms with Gasteiger partial charge in [0.05, 0.1) is 11.5 Å². The van der Waals surface area contributed by atoms with Gasteiger partial charge in [-0.3, -0.25) is 4.79 Å². The molecule has 3 nitrogen and oxygen atoms in total. The average molecular weight is 547 g/mol. The third kappa shape index (κ3) is 3.74. The molecule has 0 heterocycles. The Kier molecular flexibility index (Phi) is 6.73. The van der Waals surface area contributed by atoms with Crippen molar-refractivity contribution in [3.63, 3.8) is 0 Å². The Morgan fingerprint density at radius 1 is 0.900 bits per heavy atom. The molecule has 4 saturated carbocycles. The topological polar surface area (TPSA) is 46.5 Å². The number of aliphatic hydroxyl groups excluding tert-OH is 1. The molecule has 220 valence electrons. The van der Waals surface area contributed by atoms with Gasteiger partial charge in [0.2, 0.25) is 0 Å². The van der Waals surface area contributed by atoms with Crippen molar-refractivity contribution in [3.05, 3.63) is 47.5 Å². The van der Waals surface area contributed by atoms with Gasteiger partial charge in [-0.1, -0.05) is 90.4 Å². The van der Waals surface area contributed by atoms with Crippen LogP contribution in [0, 0.1) is 56.7 Å². The van der Waals surface area contributed by atoms with Gasteiger partial charge in [0, 0.05) is 0 Å². The maximum absolute atomic E-state index is 14.2. The average Bonchev–Trinajstić information content (AvgIpc) is 2.92. The van der Waals surface area contributed by atoms with E-state index in [0.29, 0.717) is 30.3 Å². The molecule has 5 aliphatic carbocycles. The van der Waals surface area contributed by atoms with Crippen LogP contribution in [0.3, 0.4) is 0 Å². The van der Waals surface area contributed by atoms with Gasteiger partial charge in [-0.05, 0) is 115 Å². The molecule has 0 amide bonds. The summed E-state index contributed by atoms with van der Waals surface area (Å²) in [7, 11) is 0. The number of esters is 1. The highest BCUT2D eigenvalue weighted by molar-refractivity contribution is 5.79. The van der Waals surface area contributed by atoms with Crippen LogP contribution in [0.2, 0.25) is 0 Å². The quantitative estimate of drug-likeness (QED) is 0.304. The second-order valence-electron chi connectivity index (χ2n) is 16.2. The number of aliphatic hydroxyl groups is 1. The lowest BCUT2D eigenvalue weighted by atomic mass is 9.33. The molecule has 4 fully saturated rings. The molecule has 0 aliphatic heterocycles. The fourth-order valence-electron chi connectivity index (χ4n) is 11.7. The van der Waals surface area contributed by atoms with Crippen LogP contribution in [0.25, 0.3) is 0 Å². The summed E-state index contributed by atoms with van der Waals surface area (Å²) in [6.07, 6.45) is 12.2. The Labute approximate surface area is 243 Å². The second kappa shape index (κ2) is 9.45. The standard InChI is InChI=1S/C37H54O3/c1-24-15-20-37(32(39)40-23-26-11-9-8-10-12-26)22-21-35(6)27(31(37)25(24)2)13-14-29-34(5)18-17-30(38)33(3,4)28(34)16-19-36(29,35)7/h8-13,24-25,28-31,38H,14-23H2,1-7H3/t24-,25+,28+,29-,30+,31-,34+,35-,36-,37+/m1/s1. The van der Waals surface area contributed by atoms with Crippen molar-refractivity contribution < 1.29 is 14.6 Å². The summed E-state index contributed by atoms with van der Waals surface area (Å²) in [5.74, 6) is 2.58. The van der Waals surface area contributed by atoms with Crippen LogP contribution >= 0.6 is 0 Å². The summed E-state index contributed by atoms with van der Waals surface area (Å²) in [5, 5.41) is 11.0. The molecule has 10 atom stereocenters. The van der Waals surface area contributed by atoms with E-state index in [-0.39, 0.29) is 39.7 Å². The number of hydrogen-bond acceptors (Lipinski definition) is 3. The normalized spacial score (nSPS) is 47.5. The van der Waals surface area contributed by atoms with E-state index in [0.717, 1.165) is 50.5 Å². The third-order valence-corrected chi connectivity index (χ3v) is 14.6. The van der Waals surface area contributed by atoms with Gasteiger partial charge in [0.15, 0.2) is 0 Å². The van der Waals surface area contributed by atoms with E-state index in [1.54, 1.807) is 5.57 Å². The molecular formula is C37H54O3. The SMILES string of the molecule is C[C@H]1[C@H](C)CC[C@]2(C(=O)OCc3ccccc3)CC[C@]3(C)C(=CC[C@@H]4[C@@]5(C)CC[C@H](O)C(C)(C)[C@@H]5CC[C@]43C)[C@@H]12. The van der Waals surface area contributed by atoms with Gasteiger partial charge >= 0.3 is 5.97 Å². The van der Waals surface area contributed by atoms with Crippen molar-refractivity contribution in [3.8, 4) is 0 Å². The van der Waals surface area contributed by atoms with Crippen molar-refractivity contribution in [2.24, 2.45) is 56.7 Å². The maximum atomic E-state index is 14.2. The molecule has 1 aromatic rings. The highest BCUT2D eigenvalue weighted by atomic mass is 16.5. The van der Waals surface area contributed by atoms with E-state index in [2.05, 4.69) is 66.7 Å². The fraction of sp³-hybridized carbons (Fsp3) is 0.757. The lowest BCUT2D eigenvalue weighted by Crippen LogP contribution is -2.65. The van der Waals surface area contributed by atoms with Crippen molar-refractivity contribution in [2.45, 2.75) is 119 Å². The second-order valence-corrected chi connectivity index (χ2v) is 16.2. The number of benzene rings is 1. The van der Waals surface area contributed by atoms with Gasteiger partial charge in [0.25, 0.3) is 0 Å². The van der Waals surface area contributed by atoms with Crippen LogP contribution < -0.4 is 0 Å². The minimum Gasteiger partial charge on any atom is -0.460 e. The summed E-state index contributed by atoms with van der Waals surface area (Å²) in [6, 6.07) is 10.2. The third-order valence-electron chi connectivity index (χ3n) is 14.6. The van der Waals surface area contributed by atoms with E-state index >= 15 is 0 Å². The van der Waals surface area contributed by atoms with Crippen LogP contribution in [0.15, 0.2) is 42.0 Å². The molecule has 1 N–H and O–H groups in total. The first kappa shape index (κ1) is 28.5. The summed E-state index contributed by atoms with van der Waals surface area (Å²) >= 11 is 0. The number of allylic oxidation sites excluding steroid dienone is 2. The minimum atomic E-state index is -0.396. The Morgan fingerprint density at radius 3 is 2.35 bits per heavy atom. The Morgan fingerprint density at radius 2 is 1.62 bits per heavy atom. The Hall–Kier alpha value is -1.61. The number of carbonyl (C=O) groups excluding carboxylic acids is 1. The highest BCUT2D eigenvalue weighted by Gasteiger charge is 2.69. The zero-order valence-electron chi connectivity index (χ0n) is 26.3. The number of hydrogen-bond donors (Lipinski definition) is 1. The summed E-state index contributed by atoms with van der Waals surface area (Å²) < 4.78 is 6.19. The van der Waals surface area contributed by atoms with Crippen LogP contribution in [0.4, 0.5) is 0 Å². The maximum Gasteiger partial charge on any atom is 0.313 e. The zero-order chi connectivity index (χ0) is 28.7. The van der Waals surface area contributed by atoms with E-state index < -0.39 is 5.41 Å². The predicted molar refractivity (Wildman–Crippen MR) is 161 cm³/mol. The van der Waals surface area contributed by atoms with Gasteiger partial charge < -0.3 is 9.84 Å². The van der Waals surface area contributed by atoms with E-state index in [4.69, 9.17) is 4.74 Å². The number of carbonyl (C=O) groups is 1. The van der Waals surface area contributed by atoms with Crippen LogP contribution in [0.5, 0.6) is 0 Å². The molecule has 0 bridgehead atoms. The minimum absolute atomic E-state index is 0.0310. The number of fused-ring (bicyclic) bond motifs is 7. The van der Waals surface area contributed by atoms with Gasteiger partial charge in [0.1, 0.15) is 6.61 Å². The Balaban J connectivity index is 1.37. The molecule has 0 radical (unpaired) electrons. The van der Waals surface area contributed by atoms with E-state index in [1.165, 1.54) is 12.8 Å². The van der Waals surface area contributed by atoms with Crippen molar-refractivity contribution in [1.29, 1.82) is 0 Å². The summed E-state index contributed by atoms with van der Waals surface area (Å²) in [4.78, 5) is 14.2. The molecule has 0 aromatic heterocycles. The largest absolute Gasteiger partial charge is 0.460 e. The first-order valence-electron chi connectivity index (χ1n) is 16.4. The zero-order valence-corrected chi connectivity index (χ0v) is 26.3. The molecule has 0 saturated heterocycles. The molecule has 6 rings (SSSR count). The smallest absolute Gasteiger partial charge is 0.313 e. The predicted octanol–water partition coefficient (Wildman–Crippen LogP) is 8.75. The molecule has 3 heteroatoms. The molecule has 5 aliphatic rings. The van der Waals surface area contributed by atoms with E-state index in [9.17, 15) is 9.90 Å². The summed E-state index contributed by atoms with van der Waals surface area (Å²) in [6.45, 7) is 17.7. The molecule has 1 aromatic carbocycles. The Bertz CT molecular complexity index is 1170. The van der Waals surface area contributed by atoms with Crippen LogP contribution in [-0.4, -0.2) is 17.2 Å². The number of ether oxygens (including phenoxy) is 1. The van der Waals surface area contributed by atoms with Gasteiger partial charge in [-0.25, -0.2) is 0 Å². The first-order valence-corrected chi connectivity index (χ1v) is 16.4. The fourth-order valence-corrected chi connectivity index (χ4v) is 11.7. The molecular weight excluding hydrogens is 492 g/mol. The van der Waals surface area contributed by atoms with Gasteiger partial charge in [-0.15, -0.1) is 0 Å². The van der Waals surface area contributed by atoms with Crippen molar-refractivity contribution >= 4 is 5.97 Å². The number of rotatable bonds is 3. The van der Waals surface area contributed by atoms with Gasteiger partial charge in [-0.2, -0.15) is 0 Å². The molecule has 40 heavy (non-hydrogen) atoms. The molecule has 0 unspecified atom stereocenters. The monoisotopic (exact) mass is 546 g/mol. The van der Waals surface area contributed by atoms with Crippen LogP contribution in [-0.2, 0) is 16.1 Å². The van der Waals surface area contributed by atoms with Crippen molar-refractivity contribution in [1.82, 2.24) is 0 Å². The lowest BCUT2D eigenvalue weighted by molar-refractivity contribution is -0.207. The van der Waals surface area contributed by atoms with Crippen molar-refractivity contribution in [2.75, 3.05) is 0 Å².